The molecule has 0 amide bonds. The van der Waals surface area contributed by atoms with Crippen molar-refractivity contribution in [2.45, 2.75) is 0 Å². The molecule has 4 N–H and O–H groups in total. The zero-order valence-corrected chi connectivity index (χ0v) is 5.63. The van der Waals surface area contributed by atoms with Crippen molar-refractivity contribution < 1.29 is 9.50 Å². The number of aromatic hydroxyl groups is 1. The molecule has 3 nitrogen and oxygen atoms in total. The number of nitrogens with one attached hydrogen (secondary N) is 1. The van der Waals surface area contributed by atoms with Crippen LogP contribution in [0.25, 0.3) is 0 Å². The van der Waals surface area contributed by atoms with E-state index in [-0.39, 0.29) is 17.1 Å². The van der Waals surface area contributed by atoms with Gasteiger partial charge in [-0.3, -0.25) is 5.41 Å². The van der Waals surface area contributed by atoms with Crippen LogP contribution in [0.4, 0.5) is 4.39 Å². The van der Waals surface area contributed by atoms with Gasteiger partial charge in [-0.1, -0.05) is 0 Å². The summed E-state index contributed by atoms with van der Waals surface area (Å²) >= 11 is 0. The molecule has 0 bridgehead atoms. The van der Waals surface area contributed by atoms with Gasteiger partial charge in [0, 0.05) is 11.6 Å². The standard InChI is InChI=1S/C7H7FN2O/c8-5-1-4(7(9)10)2-6(11)3-5/h1-3,11H,(H3,9,10). The maximum absolute atomic E-state index is 12.5. The minimum Gasteiger partial charge on any atom is -0.508 e. The van der Waals surface area contributed by atoms with Gasteiger partial charge in [-0.2, -0.15) is 0 Å². The quantitative estimate of drug-likeness (QED) is 0.414. The molecule has 0 spiro atoms. The van der Waals surface area contributed by atoms with E-state index in [0.717, 1.165) is 12.1 Å². The Morgan fingerprint density at radius 1 is 1.45 bits per heavy atom. The average molecular weight is 154 g/mol. The second-order valence-electron chi connectivity index (χ2n) is 2.11. The summed E-state index contributed by atoms with van der Waals surface area (Å²) in [5.41, 5.74) is 5.24. The van der Waals surface area contributed by atoms with Crippen LogP contribution in [-0.2, 0) is 0 Å². The maximum atomic E-state index is 12.5. The number of phenolic OH excluding ortho intramolecular Hbond substituents is 1. The minimum atomic E-state index is -0.602. The van der Waals surface area contributed by atoms with E-state index in [1.165, 1.54) is 6.07 Å². The second kappa shape index (κ2) is 2.57. The Balaban J connectivity index is 3.19. The molecule has 4 heteroatoms. The molecule has 1 aromatic rings. The van der Waals surface area contributed by atoms with Crippen LogP contribution in [0.1, 0.15) is 5.56 Å². The van der Waals surface area contributed by atoms with E-state index in [4.69, 9.17) is 16.2 Å². The minimum absolute atomic E-state index is 0.183. The predicted molar refractivity (Wildman–Crippen MR) is 39.1 cm³/mol. The number of nitrogens with two attached hydrogens (primary N) is 1. The van der Waals surface area contributed by atoms with Gasteiger partial charge in [0.2, 0.25) is 0 Å². The van der Waals surface area contributed by atoms with Crippen LogP contribution in [0.3, 0.4) is 0 Å². The Hall–Kier alpha value is -1.58. The van der Waals surface area contributed by atoms with Gasteiger partial charge in [-0.15, -0.1) is 0 Å². The lowest BCUT2D eigenvalue weighted by atomic mass is 10.2. The van der Waals surface area contributed by atoms with Crippen molar-refractivity contribution in [3.8, 4) is 5.75 Å². The maximum Gasteiger partial charge on any atom is 0.127 e. The molecule has 0 unspecified atom stereocenters. The molecule has 0 saturated carbocycles. The van der Waals surface area contributed by atoms with E-state index >= 15 is 0 Å². The van der Waals surface area contributed by atoms with Crippen LogP contribution >= 0.6 is 0 Å². The van der Waals surface area contributed by atoms with Crippen LogP contribution in [0.5, 0.6) is 5.75 Å². The summed E-state index contributed by atoms with van der Waals surface area (Å²) in [4.78, 5) is 0. The highest BCUT2D eigenvalue weighted by atomic mass is 19.1. The van der Waals surface area contributed by atoms with E-state index in [2.05, 4.69) is 0 Å². The first-order valence-corrected chi connectivity index (χ1v) is 2.93. The topological polar surface area (TPSA) is 70.1 Å². The van der Waals surface area contributed by atoms with Crippen LogP contribution in [0.15, 0.2) is 18.2 Å². The van der Waals surface area contributed by atoms with Crippen molar-refractivity contribution in [2.75, 3.05) is 0 Å². The first-order valence-electron chi connectivity index (χ1n) is 2.93. The molecule has 0 fully saturated rings. The Labute approximate surface area is 62.8 Å². The average Bonchev–Trinajstić information content (AvgIpc) is 1.85. The molecule has 0 aliphatic rings. The lowest BCUT2D eigenvalue weighted by Gasteiger charge is -1.98. The monoisotopic (exact) mass is 154 g/mol. The Kier molecular flexibility index (Phi) is 1.76. The lowest BCUT2D eigenvalue weighted by Crippen LogP contribution is -2.10. The van der Waals surface area contributed by atoms with Gasteiger partial charge in [0.1, 0.15) is 17.4 Å². The van der Waals surface area contributed by atoms with Crippen molar-refractivity contribution in [2.24, 2.45) is 5.73 Å². The Bertz CT molecular complexity index is 278. The van der Waals surface area contributed by atoms with Gasteiger partial charge in [-0.05, 0) is 12.1 Å². The molecule has 11 heavy (non-hydrogen) atoms. The molecule has 0 aliphatic carbocycles. The van der Waals surface area contributed by atoms with Gasteiger partial charge in [0.05, 0.1) is 0 Å². The highest BCUT2D eigenvalue weighted by Gasteiger charge is 2.00. The predicted octanol–water partition coefficient (Wildman–Crippen LogP) is 0.815. The third kappa shape index (κ3) is 1.67. The molecule has 0 atom stereocenters. The van der Waals surface area contributed by atoms with Gasteiger partial charge < -0.3 is 10.8 Å². The third-order valence-electron chi connectivity index (χ3n) is 1.19. The van der Waals surface area contributed by atoms with Crippen molar-refractivity contribution in [1.82, 2.24) is 0 Å². The number of halogens is 1. The summed E-state index contributed by atoms with van der Waals surface area (Å²) < 4.78 is 12.5. The van der Waals surface area contributed by atoms with Gasteiger partial charge in [0.25, 0.3) is 0 Å². The molecule has 0 aliphatic heterocycles. The Morgan fingerprint density at radius 2 is 2.09 bits per heavy atom. The highest BCUT2D eigenvalue weighted by Crippen LogP contribution is 2.13. The largest absolute Gasteiger partial charge is 0.508 e. The first kappa shape index (κ1) is 7.53. The van der Waals surface area contributed by atoms with Gasteiger partial charge in [-0.25, -0.2) is 4.39 Å². The van der Waals surface area contributed by atoms with Crippen LogP contribution < -0.4 is 5.73 Å². The number of hydrogen-bond acceptors (Lipinski definition) is 2. The van der Waals surface area contributed by atoms with Crippen molar-refractivity contribution in [1.29, 1.82) is 5.41 Å². The van der Waals surface area contributed by atoms with E-state index in [0.29, 0.717) is 0 Å². The molecule has 0 radical (unpaired) electrons. The molecular formula is C7H7FN2O. The normalized spacial score (nSPS) is 9.55. The van der Waals surface area contributed by atoms with Crippen LogP contribution in [0.2, 0.25) is 0 Å². The number of phenols is 1. The molecule has 0 heterocycles. The first-order chi connectivity index (χ1) is 5.09. The molecule has 1 aromatic carbocycles. The van der Waals surface area contributed by atoms with E-state index in [9.17, 15) is 4.39 Å². The summed E-state index contributed by atoms with van der Waals surface area (Å²) in [5.74, 6) is -1.09. The van der Waals surface area contributed by atoms with Gasteiger partial charge in [0.15, 0.2) is 0 Å². The summed E-state index contributed by atoms with van der Waals surface area (Å²) in [6.07, 6.45) is 0. The lowest BCUT2D eigenvalue weighted by molar-refractivity contribution is 0.469. The zero-order valence-electron chi connectivity index (χ0n) is 5.63. The van der Waals surface area contributed by atoms with E-state index < -0.39 is 5.82 Å². The number of benzene rings is 1. The zero-order chi connectivity index (χ0) is 8.43. The second-order valence-corrected chi connectivity index (χ2v) is 2.11. The summed E-state index contributed by atoms with van der Waals surface area (Å²) in [5, 5.41) is 15.8. The smallest absolute Gasteiger partial charge is 0.127 e. The molecular weight excluding hydrogens is 147 g/mol. The third-order valence-corrected chi connectivity index (χ3v) is 1.19. The van der Waals surface area contributed by atoms with Crippen LogP contribution in [0, 0.1) is 11.2 Å². The summed E-state index contributed by atoms with van der Waals surface area (Å²) in [7, 11) is 0. The van der Waals surface area contributed by atoms with E-state index in [1.807, 2.05) is 0 Å². The number of amidine groups is 1. The highest BCUT2D eigenvalue weighted by molar-refractivity contribution is 5.95. The van der Waals surface area contributed by atoms with E-state index in [1.54, 1.807) is 0 Å². The number of hydrogen-bond donors (Lipinski definition) is 3. The summed E-state index contributed by atoms with van der Waals surface area (Å²) in [6, 6.07) is 3.26. The number of nitrogen functional groups attached to an aromatic ring is 1. The van der Waals surface area contributed by atoms with Crippen molar-refractivity contribution in [3.63, 3.8) is 0 Å². The fourth-order valence-electron chi connectivity index (χ4n) is 0.730. The van der Waals surface area contributed by atoms with Crippen LogP contribution in [-0.4, -0.2) is 10.9 Å². The fourth-order valence-corrected chi connectivity index (χ4v) is 0.730. The molecule has 58 valence electrons. The van der Waals surface area contributed by atoms with Crippen molar-refractivity contribution in [3.05, 3.63) is 29.6 Å². The molecule has 1 rings (SSSR count). The summed E-state index contributed by atoms with van der Waals surface area (Å²) in [6.45, 7) is 0. The van der Waals surface area contributed by atoms with Gasteiger partial charge >= 0.3 is 0 Å². The fraction of sp³-hybridized carbons (Fsp3) is 0. The Morgan fingerprint density at radius 3 is 2.55 bits per heavy atom. The van der Waals surface area contributed by atoms with Crippen molar-refractivity contribution >= 4 is 5.84 Å². The molecule has 0 saturated heterocycles. The SMILES string of the molecule is N=C(N)c1cc(O)cc(F)c1. The molecule has 0 aromatic heterocycles. The number of rotatable bonds is 1.